The van der Waals surface area contributed by atoms with E-state index in [9.17, 15) is 0 Å². The number of hydrogen-bond acceptors (Lipinski definition) is 4. The summed E-state index contributed by atoms with van der Waals surface area (Å²) in [5.74, 6) is 1.62. The molecule has 1 aliphatic rings. The summed E-state index contributed by atoms with van der Waals surface area (Å²) in [6, 6.07) is 12.5. The molecule has 5 heteroatoms. The van der Waals surface area contributed by atoms with Gasteiger partial charge in [0.05, 0.1) is 13.2 Å². The van der Waals surface area contributed by atoms with Crippen LogP contribution in [0.15, 0.2) is 36.4 Å². The third kappa shape index (κ3) is 4.75. The SMILES string of the molecule is CCN(CC)CCOc1cc2c(cc1OC)CCNC2c1ccc(Cl)cc1. The van der Waals surface area contributed by atoms with Gasteiger partial charge in [0.1, 0.15) is 6.61 Å². The summed E-state index contributed by atoms with van der Waals surface area (Å²) < 4.78 is 11.7. The maximum atomic E-state index is 6.12. The third-order valence-corrected chi connectivity index (χ3v) is 5.49. The number of benzene rings is 2. The van der Waals surface area contributed by atoms with Gasteiger partial charge >= 0.3 is 0 Å². The molecule has 4 nitrogen and oxygen atoms in total. The zero-order chi connectivity index (χ0) is 19.2. The molecule has 0 radical (unpaired) electrons. The minimum atomic E-state index is 0.141. The highest BCUT2D eigenvalue weighted by Crippen LogP contribution is 2.37. The molecular weight excluding hydrogens is 360 g/mol. The van der Waals surface area contributed by atoms with Crippen LogP contribution in [-0.4, -0.2) is 44.8 Å². The molecule has 0 saturated carbocycles. The molecule has 2 aromatic carbocycles. The summed E-state index contributed by atoms with van der Waals surface area (Å²) in [7, 11) is 1.71. The van der Waals surface area contributed by atoms with Crippen LogP contribution in [0, 0.1) is 0 Å². The highest BCUT2D eigenvalue weighted by atomic mass is 35.5. The highest BCUT2D eigenvalue weighted by molar-refractivity contribution is 6.30. The molecule has 0 fully saturated rings. The van der Waals surface area contributed by atoms with Gasteiger partial charge in [0.25, 0.3) is 0 Å². The first-order valence-electron chi connectivity index (χ1n) is 9.71. The van der Waals surface area contributed by atoms with Crippen LogP contribution < -0.4 is 14.8 Å². The molecule has 0 aliphatic carbocycles. The molecule has 146 valence electrons. The van der Waals surface area contributed by atoms with Crippen LogP contribution in [0.4, 0.5) is 0 Å². The molecule has 0 saturated heterocycles. The maximum absolute atomic E-state index is 6.12. The number of rotatable bonds is 8. The van der Waals surface area contributed by atoms with Crippen molar-refractivity contribution in [2.75, 3.05) is 39.9 Å². The van der Waals surface area contributed by atoms with E-state index in [-0.39, 0.29) is 6.04 Å². The van der Waals surface area contributed by atoms with E-state index in [1.54, 1.807) is 7.11 Å². The normalized spacial score (nSPS) is 16.3. The second-order valence-corrected chi connectivity index (χ2v) is 7.20. The van der Waals surface area contributed by atoms with E-state index in [1.807, 2.05) is 12.1 Å². The Bertz CT molecular complexity index is 745. The largest absolute Gasteiger partial charge is 0.493 e. The third-order valence-electron chi connectivity index (χ3n) is 5.24. The van der Waals surface area contributed by atoms with Crippen molar-refractivity contribution in [1.82, 2.24) is 10.2 Å². The van der Waals surface area contributed by atoms with E-state index in [2.05, 4.69) is 48.3 Å². The van der Waals surface area contributed by atoms with Crippen LogP contribution in [0.3, 0.4) is 0 Å². The summed E-state index contributed by atoms with van der Waals surface area (Å²) in [6.45, 7) is 8.90. The van der Waals surface area contributed by atoms with Crippen LogP contribution in [-0.2, 0) is 6.42 Å². The summed E-state index contributed by atoms with van der Waals surface area (Å²) in [4.78, 5) is 2.35. The Hall–Kier alpha value is -1.75. The minimum Gasteiger partial charge on any atom is -0.493 e. The number of ether oxygens (including phenoxy) is 2. The van der Waals surface area contributed by atoms with Gasteiger partial charge in [-0.25, -0.2) is 0 Å². The Kier molecular flexibility index (Phi) is 7.00. The van der Waals surface area contributed by atoms with Crippen LogP contribution >= 0.6 is 11.6 Å². The average Bonchev–Trinajstić information content (AvgIpc) is 2.71. The van der Waals surface area contributed by atoms with Crippen LogP contribution in [0.25, 0.3) is 0 Å². The zero-order valence-corrected chi connectivity index (χ0v) is 17.2. The fraction of sp³-hybridized carbons (Fsp3) is 0.455. The Morgan fingerprint density at radius 1 is 1.11 bits per heavy atom. The van der Waals surface area contributed by atoms with Gasteiger partial charge in [-0.1, -0.05) is 37.6 Å². The number of fused-ring (bicyclic) bond motifs is 1. The predicted octanol–water partition coefficient (Wildman–Crippen LogP) is 4.30. The Morgan fingerprint density at radius 3 is 2.52 bits per heavy atom. The molecule has 2 aromatic rings. The van der Waals surface area contributed by atoms with Gasteiger partial charge in [-0.15, -0.1) is 0 Å². The summed E-state index contributed by atoms with van der Waals surface area (Å²) in [6.07, 6.45) is 0.982. The average molecular weight is 389 g/mol. The van der Waals surface area contributed by atoms with Gasteiger partial charge in [0.2, 0.25) is 0 Å². The summed E-state index contributed by atoms with van der Waals surface area (Å²) in [5, 5.41) is 4.38. The van der Waals surface area contributed by atoms with Crippen molar-refractivity contribution in [3.8, 4) is 11.5 Å². The van der Waals surface area contributed by atoms with Crippen LogP contribution in [0.1, 0.15) is 36.6 Å². The van der Waals surface area contributed by atoms with Gasteiger partial charge in [-0.05, 0) is 60.5 Å². The van der Waals surface area contributed by atoms with Crippen molar-refractivity contribution < 1.29 is 9.47 Å². The lowest BCUT2D eigenvalue weighted by atomic mass is 9.89. The first-order chi connectivity index (χ1) is 13.2. The van der Waals surface area contributed by atoms with Gasteiger partial charge < -0.3 is 19.7 Å². The minimum absolute atomic E-state index is 0.141. The molecule has 0 bridgehead atoms. The number of halogens is 1. The fourth-order valence-electron chi connectivity index (χ4n) is 3.61. The number of likely N-dealkylation sites (N-methyl/N-ethyl adjacent to an activating group) is 1. The van der Waals surface area contributed by atoms with Crippen molar-refractivity contribution in [2.24, 2.45) is 0 Å². The van der Waals surface area contributed by atoms with E-state index in [1.165, 1.54) is 16.7 Å². The molecule has 0 aromatic heterocycles. The second-order valence-electron chi connectivity index (χ2n) is 6.77. The van der Waals surface area contributed by atoms with Gasteiger partial charge in [0, 0.05) is 18.1 Å². The Labute approximate surface area is 167 Å². The van der Waals surface area contributed by atoms with Crippen LogP contribution in [0.5, 0.6) is 11.5 Å². The second kappa shape index (κ2) is 9.45. The molecule has 27 heavy (non-hydrogen) atoms. The smallest absolute Gasteiger partial charge is 0.161 e. The number of hydrogen-bond donors (Lipinski definition) is 1. The lowest BCUT2D eigenvalue weighted by Crippen LogP contribution is -2.31. The quantitative estimate of drug-likeness (QED) is 0.730. The number of nitrogens with one attached hydrogen (secondary N) is 1. The topological polar surface area (TPSA) is 33.7 Å². The van der Waals surface area contributed by atoms with Gasteiger partial charge in [0.15, 0.2) is 11.5 Å². The summed E-state index contributed by atoms with van der Waals surface area (Å²) in [5.41, 5.74) is 3.77. The first-order valence-corrected chi connectivity index (χ1v) is 10.1. The standard InChI is InChI=1S/C22H29ClN2O2/c1-4-25(5-2)12-13-27-21-15-19-17(14-20(21)26-3)10-11-24-22(19)16-6-8-18(23)9-7-16/h6-9,14-15,22,24H,4-5,10-13H2,1-3H3. The molecule has 1 heterocycles. The van der Waals surface area contributed by atoms with Crippen LogP contribution in [0.2, 0.25) is 5.02 Å². The molecular formula is C22H29ClN2O2. The van der Waals surface area contributed by atoms with Gasteiger partial charge in [-0.2, -0.15) is 0 Å². The monoisotopic (exact) mass is 388 g/mol. The van der Waals surface area contributed by atoms with E-state index >= 15 is 0 Å². The number of nitrogens with zero attached hydrogens (tertiary/aromatic N) is 1. The molecule has 0 amide bonds. The van der Waals surface area contributed by atoms with Crippen molar-refractivity contribution in [3.05, 3.63) is 58.1 Å². The molecule has 0 spiro atoms. The first kappa shape index (κ1) is 20.0. The van der Waals surface area contributed by atoms with E-state index < -0.39 is 0 Å². The Morgan fingerprint density at radius 2 is 1.85 bits per heavy atom. The highest BCUT2D eigenvalue weighted by Gasteiger charge is 2.24. The number of methoxy groups -OCH3 is 1. The maximum Gasteiger partial charge on any atom is 0.161 e. The molecule has 1 N–H and O–H groups in total. The van der Waals surface area contributed by atoms with E-state index in [4.69, 9.17) is 21.1 Å². The summed E-state index contributed by atoms with van der Waals surface area (Å²) >= 11 is 6.06. The Balaban J connectivity index is 1.85. The molecule has 1 atom stereocenters. The lowest BCUT2D eigenvalue weighted by Gasteiger charge is -2.29. The van der Waals surface area contributed by atoms with E-state index in [0.29, 0.717) is 6.61 Å². The van der Waals surface area contributed by atoms with Crippen molar-refractivity contribution in [3.63, 3.8) is 0 Å². The van der Waals surface area contributed by atoms with Crippen molar-refractivity contribution in [2.45, 2.75) is 26.3 Å². The van der Waals surface area contributed by atoms with Crippen molar-refractivity contribution >= 4 is 11.6 Å². The van der Waals surface area contributed by atoms with Gasteiger partial charge in [-0.3, -0.25) is 0 Å². The van der Waals surface area contributed by atoms with E-state index in [0.717, 1.165) is 49.1 Å². The fourth-order valence-corrected chi connectivity index (χ4v) is 3.74. The van der Waals surface area contributed by atoms with Crippen molar-refractivity contribution in [1.29, 1.82) is 0 Å². The predicted molar refractivity (Wildman–Crippen MR) is 111 cm³/mol. The molecule has 1 unspecified atom stereocenters. The zero-order valence-electron chi connectivity index (χ0n) is 16.4. The molecule has 3 rings (SSSR count). The molecule has 1 aliphatic heterocycles. The lowest BCUT2D eigenvalue weighted by molar-refractivity contribution is 0.217.